The van der Waals surface area contributed by atoms with Crippen LogP contribution in [0.5, 0.6) is 0 Å². The van der Waals surface area contributed by atoms with Crippen molar-refractivity contribution in [2.45, 2.75) is 13.8 Å². The van der Waals surface area contributed by atoms with E-state index in [1.807, 2.05) is 39.1 Å². The first-order chi connectivity index (χ1) is 4.93. The maximum absolute atomic E-state index is 3.99. The summed E-state index contributed by atoms with van der Waals surface area (Å²) in [6.07, 6.45) is 1.76. The van der Waals surface area contributed by atoms with Gasteiger partial charge in [0.2, 0.25) is 0 Å². The molecule has 0 aromatic carbocycles. The molecule has 0 saturated carbocycles. The van der Waals surface area contributed by atoms with E-state index in [1.54, 1.807) is 6.20 Å². The summed E-state index contributed by atoms with van der Waals surface area (Å²) in [6.45, 7) is 4.00. The largest absolute Gasteiger partial charge is 0.373 e. The first-order valence-electron chi connectivity index (χ1n) is 3.52. The average Bonchev–Trinajstić information content (AvgIpc) is 2.10. The fourth-order valence-electron chi connectivity index (χ4n) is 0.511. The number of hydrogen-bond acceptors (Lipinski definition) is 2. The first kappa shape index (κ1) is 8.95. The quantitative estimate of drug-likeness (QED) is 0.643. The van der Waals surface area contributed by atoms with Crippen LogP contribution in [0.2, 0.25) is 0 Å². The third-order valence-electron chi connectivity index (χ3n) is 0.921. The zero-order valence-corrected chi connectivity index (χ0v) is 6.76. The molecule has 2 heteroatoms. The zero-order chi connectivity index (χ0) is 7.82. The molecule has 0 saturated heterocycles. The Balaban J connectivity index is 0.000000371. The summed E-state index contributed by atoms with van der Waals surface area (Å²) >= 11 is 0. The van der Waals surface area contributed by atoms with Gasteiger partial charge in [0.15, 0.2) is 0 Å². The van der Waals surface area contributed by atoms with Crippen LogP contribution in [-0.4, -0.2) is 12.0 Å². The number of nitrogens with zero attached hydrogens (tertiary/aromatic N) is 1. The van der Waals surface area contributed by atoms with Gasteiger partial charge in [0.25, 0.3) is 0 Å². The van der Waals surface area contributed by atoms with Gasteiger partial charge < -0.3 is 5.32 Å². The van der Waals surface area contributed by atoms with Crippen molar-refractivity contribution in [3.05, 3.63) is 24.4 Å². The lowest BCUT2D eigenvalue weighted by Crippen LogP contribution is -1.88. The molecule has 0 fully saturated rings. The summed E-state index contributed by atoms with van der Waals surface area (Å²) in [5.74, 6) is 0.910. The predicted molar refractivity (Wildman–Crippen MR) is 45.1 cm³/mol. The summed E-state index contributed by atoms with van der Waals surface area (Å²) in [4.78, 5) is 3.99. The second-order valence-corrected chi connectivity index (χ2v) is 1.46. The number of rotatable bonds is 1. The molecule has 2 nitrogen and oxygen atoms in total. The van der Waals surface area contributed by atoms with Crippen molar-refractivity contribution in [2.24, 2.45) is 0 Å². The maximum Gasteiger partial charge on any atom is 0.125 e. The van der Waals surface area contributed by atoms with Crippen LogP contribution in [0.15, 0.2) is 24.4 Å². The van der Waals surface area contributed by atoms with E-state index < -0.39 is 0 Å². The molecule has 0 aliphatic rings. The number of pyridine rings is 1. The van der Waals surface area contributed by atoms with Gasteiger partial charge >= 0.3 is 0 Å². The minimum absolute atomic E-state index is 0.910. The van der Waals surface area contributed by atoms with Crippen molar-refractivity contribution in [1.29, 1.82) is 0 Å². The summed E-state index contributed by atoms with van der Waals surface area (Å²) in [5, 5.41) is 2.92. The van der Waals surface area contributed by atoms with Crippen molar-refractivity contribution >= 4 is 5.82 Å². The molecule has 0 aliphatic carbocycles. The van der Waals surface area contributed by atoms with E-state index >= 15 is 0 Å². The Labute approximate surface area is 62.3 Å². The lowest BCUT2D eigenvalue weighted by atomic mass is 10.5. The highest BCUT2D eigenvalue weighted by Crippen LogP contribution is 1.95. The number of anilines is 1. The molecular weight excluding hydrogens is 124 g/mol. The molecule has 1 aromatic heterocycles. The molecule has 1 aromatic rings. The molecule has 0 aliphatic heterocycles. The number of hydrogen-bond donors (Lipinski definition) is 1. The third kappa shape index (κ3) is 3.07. The van der Waals surface area contributed by atoms with Gasteiger partial charge in [-0.1, -0.05) is 19.9 Å². The Morgan fingerprint density at radius 3 is 2.30 bits per heavy atom. The van der Waals surface area contributed by atoms with Gasteiger partial charge in [-0.2, -0.15) is 0 Å². The van der Waals surface area contributed by atoms with Crippen molar-refractivity contribution < 1.29 is 0 Å². The van der Waals surface area contributed by atoms with E-state index in [4.69, 9.17) is 0 Å². The molecule has 0 atom stereocenters. The van der Waals surface area contributed by atoms with E-state index in [0.717, 1.165) is 5.82 Å². The highest BCUT2D eigenvalue weighted by atomic mass is 14.9. The van der Waals surface area contributed by atoms with E-state index in [2.05, 4.69) is 10.3 Å². The monoisotopic (exact) mass is 138 g/mol. The van der Waals surface area contributed by atoms with Crippen LogP contribution >= 0.6 is 0 Å². The zero-order valence-electron chi connectivity index (χ0n) is 6.76. The fraction of sp³-hybridized carbons (Fsp3) is 0.375. The lowest BCUT2D eigenvalue weighted by molar-refractivity contribution is 1.29. The van der Waals surface area contributed by atoms with E-state index in [0.29, 0.717) is 0 Å². The lowest BCUT2D eigenvalue weighted by Gasteiger charge is -1.92. The topological polar surface area (TPSA) is 24.9 Å². The second-order valence-electron chi connectivity index (χ2n) is 1.46. The van der Waals surface area contributed by atoms with E-state index in [-0.39, 0.29) is 0 Å². The van der Waals surface area contributed by atoms with Crippen LogP contribution in [0, 0.1) is 0 Å². The SMILES string of the molecule is CC.CNc1ccccn1. The average molecular weight is 138 g/mol. The van der Waals surface area contributed by atoms with Gasteiger partial charge in [-0.25, -0.2) is 4.98 Å². The molecule has 0 radical (unpaired) electrons. The molecule has 0 spiro atoms. The first-order valence-corrected chi connectivity index (χ1v) is 3.52. The summed E-state index contributed by atoms with van der Waals surface area (Å²) in [7, 11) is 1.85. The molecule has 1 N–H and O–H groups in total. The predicted octanol–water partition coefficient (Wildman–Crippen LogP) is 2.15. The Morgan fingerprint density at radius 1 is 1.30 bits per heavy atom. The summed E-state index contributed by atoms with van der Waals surface area (Å²) in [5.41, 5.74) is 0. The van der Waals surface area contributed by atoms with Crippen molar-refractivity contribution in [3.63, 3.8) is 0 Å². The molecule has 0 amide bonds. The normalized spacial score (nSPS) is 7.50. The van der Waals surface area contributed by atoms with Gasteiger partial charge in [0.05, 0.1) is 0 Å². The van der Waals surface area contributed by atoms with Crippen LogP contribution in [0.3, 0.4) is 0 Å². The maximum atomic E-state index is 3.99. The molecule has 10 heavy (non-hydrogen) atoms. The van der Waals surface area contributed by atoms with Crippen LogP contribution in [0.25, 0.3) is 0 Å². The van der Waals surface area contributed by atoms with Gasteiger partial charge in [-0.05, 0) is 12.1 Å². The standard InChI is InChI=1S/C6H8N2.C2H6/c1-7-6-4-2-3-5-8-6;1-2/h2-5H,1H3,(H,7,8);1-2H3. The Bertz CT molecular complexity index is 149. The number of nitrogens with one attached hydrogen (secondary N) is 1. The van der Waals surface area contributed by atoms with E-state index in [1.165, 1.54) is 0 Å². The van der Waals surface area contributed by atoms with Crippen molar-refractivity contribution in [2.75, 3.05) is 12.4 Å². The van der Waals surface area contributed by atoms with Gasteiger partial charge in [0, 0.05) is 13.2 Å². The van der Waals surface area contributed by atoms with Crippen molar-refractivity contribution in [1.82, 2.24) is 4.98 Å². The van der Waals surface area contributed by atoms with Gasteiger partial charge in [-0.3, -0.25) is 0 Å². The summed E-state index contributed by atoms with van der Waals surface area (Å²) < 4.78 is 0. The minimum Gasteiger partial charge on any atom is -0.373 e. The highest BCUT2D eigenvalue weighted by molar-refractivity contribution is 5.31. The van der Waals surface area contributed by atoms with Crippen LogP contribution in [0.4, 0.5) is 5.82 Å². The van der Waals surface area contributed by atoms with Crippen molar-refractivity contribution in [3.8, 4) is 0 Å². The van der Waals surface area contributed by atoms with Crippen LogP contribution < -0.4 is 5.32 Å². The molecular formula is C8H14N2. The fourth-order valence-corrected chi connectivity index (χ4v) is 0.511. The Hall–Kier alpha value is -1.05. The van der Waals surface area contributed by atoms with Crippen LogP contribution in [0.1, 0.15) is 13.8 Å². The molecule has 0 bridgehead atoms. The second kappa shape index (κ2) is 6.08. The molecule has 1 heterocycles. The molecule has 1 rings (SSSR count). The Morgan fingerprint density at radius 2 is 2.00 bits per heavy atom. The molecule has 0 unspecified atom stereocenters. The Kier molecular flexibility index (Phi) is 5.44. The third-order valence-corrected chi connectivity index (χ3v) is 0.921. The molecule has 56 valence electrons. The van der Waals surface area contributed by atoms with Crippen LogP contribution in [-0.2, 0) is 0 Å². The van der Waals surface area contributed by atoms with E-state index in [9.17, 15) is 0 Å². The van der Waals surface area contributed by atoms with Gasteiger partial charge in [0.1, 0.15) is 5.82 Å². The highest BCUT2D eigenvalue weighted by Gasteiger charge is 1.79. The minimum atomic E-state index is 0.910. The smallest absolute Gasteiger partial charge is 0.125 e. The summed E-state index contributed by atoms with van der Waals surface area (Å²) in [6, 6.07) is 5.75. The number of aromatic nitrogens is 1. The van der Waals surface area contributed by atoms with Gasteiger partial charge in [-0.15, -0.1) is 0 Å².